The molecule has 102 valence electrons. The minimum Gasteiger partial charge on any atom is -0.410 e. The minimum atomic E-state index is -0.564. The Balaban J connectivity index is 1.99. The molecule has 0 aromatic heterocycles. The molecule has 1 amide bonds. The van der Waals surface area contributed by atoms with Crippen LogP contribution >= 0.6 is 0 Å². The van der Waals surface area contributed by atoms with Gasteiger partial charge < -0.3 is 4.74 Å². The molecule has 0 aliphatic carbocycles. The van der Waals surface area contributed by atoms with Crippen LogP contribution in [-0.4, -0.2) is 11.9 Å². The maximum Gasteiger partial charge on any atom is 0.417 e. The van der Waals surface area contributed by atoms with Crippen LogP contribution in [0, 0.1) is 6.92 Å². The number of benzene rings is 2. The number of nitrogens with one attached hydrogen (secondary N) is 1. The molecule has 0 fully saturated rings. The molecule has 2 aromatic rings. The number of aryl methyl sites for hydroxylation is 1. The van der Waals surface area contributed by atoms with Gasteiger partial charge in [0.1, 0.15) is 5.75 Å². The van der Waals surface area contributed by atoms with Crippen molar-refractivity contribution >= 4 is 17.6 Å². The summed E-state index contributed by atoms with van der Waals surface area (Å²) in [5.41, 5.74) is 2.19. The molecule has 0 radical (unpaired) electrons. The summed E-state index contributed by atoms with van der Waals surface area (Å²) in [7, 11) is 0. The zero-order valence-electron chi connectivity index (χ0n) is 11.3. The van der Waals surface area contributed by atoms with Crippen molar-refractivity contribution in [1.29, 1.82) is 0 Å². The van der Waals surface area contributed by atoms with Crippen LogP contribution in [0.4, 0.5) is 10.5 Å². The fourth-order valence-corrected chi connectivity index (χ4v) is 1.72. The lowest BCUT2D eigenvalue weighted by molar-refractivity contribution is 0.101. The summed E-state index contributed by atoms with van der Waals surface area (Å²) in [6, 6.07) is 13.9. The topological polar surface area (TPSA) is 55.4 Å². The third-order valence-electron chi connectivity index (χ3n) is 2.74. The smallest absolute Gasteiger partial charge is 0.410 e. The molecule has 0 heterocycles. The number of carbonyl (C=O) groups excluding carboxylic acids is 2. The Bertz CT molecular complexity index is 632. The van der Waals surface area contributed by atoms with Gasteiger partial charge in [-0.3, -0.25) is 10.1 Å². The summed E-state index contributed by atoms with van der Waals surface area (Å²) in [6.07, 6.45) is -0.564. The maximum atomic E-state index is 11.7. The molecule has 0 aliphatic heterocycles. The van der Waals surface area contributed by atoms with E-state index in [1.165, 1.54) is 6.92 Å². The second-order valence-electron chi connectivity index (χ2n) is 4.46. The van der Waals surface area contributed by atoms with Crippen molar-refractivity contribution in [3.63, 3.8) is 0 Å². The summed E-state index contributed by atoms with van der Waals surface area (Å²) in [4.78, 5) is 22.9. The predicted molar refractivity (Wildman–Crippen MR) is 77.3 cm³/mol. The Morgan fingerprint density at radius 2 is 1.75 bits per heavy atom. The average Bonchev–Trinajstić information content (AvgIpc) is 2.39. The molecule has 4 heteroatoms. The highest BCUT2D eigenvalue weighted by Gasteiger charge is 2.06. The average molecular weight is 269 g/mol. The summed E-state index contributed by atoms with van der Waals surface area (Å²) >= 11 is 0. The van der Waals surface area contributed by atoms with Crippen molar-refractivity contribution in [1.82, 2.24) is 0 Å². The van der Waals surface area contributed by atoms with Crippen LogP contribution in [0.3, 0.4) is 0 Å². The quantitative estimate of drug-likeness (QED) is 0.862. The van der Waals surface area contributed by atoms with Gasteiger partial charge in [0.2, 0.25) is 0 Å². The number of hydrogen-bond acceptors (Lipinski definition) is 3. The molecule has 4 nitrogen and oxygen atoms in total. The Morgan fingerprint density at radius 1 is 1.05 bits per heavy atom. The number of ether oxygens (including phenoxy) is 1. The van der Waals surface area contributed by atoms with E-state index in [-0.39, 0.29) is 5.78 Å². The monoisotopic (exact) mass is 269 g/mol. The first-order valence-corrected chi connectivity index (χ1v) is 6.21. The molecule has 0 atom stereocenters. The molecular weight excluding hydrogens is 254 g/mol. The Kier molecular flexibility index (Phi) is 4.15. The second kappa shape index (κ2) is 6.02. The van der Waals surface area contributed by atoms with Gasteiger partial charge in [0.15, 0.2) is 5.78 Å². The van der Waals surface area contributed by atoms with Crippen LogP contribution in [0.5, 0.6) is 5.75 Å². The van der Waals surface area contributed by atoms with Gasteiger partial charge in [0.05, 0.1) is 0 Å². The standard InChI is InChI=1S/C16H15NO3/c1-11-4-3-5-15(10-11)20-16(19)17-14-8-6-13(7-9-14)12(2)18/h3-10H,1-2H3,(H,17,19). The first-order valence-electron chi connectivity index (χ1n) is 6.21. The van der Waals surface area contributed by atoms with Crippen LogP contribution in [0.2, 0.25) is 0 Å². The summed E-state index contributed by atoms with van der Waals surface area (Å²) in [5.74, 6) is 0.474. The lowest BCUT2D eigenvalue weighted by atomic mass is 10.1. The largest absolute Gasteiger partial charge is 0.417 e. The lowest BCUT2D eigenvalue weighted by Crippen LogP contribution is -2.16. The number of Topliss-reactive ketones (excluding diaryl/α,β-unsaturated/α-hetero) is 1. The van der Waals surface area contributed by atoms with Gasteiger partial charge in [-0.2, -0.15) is 0 Å². The van der Waals surface area contributed by atoms with Gasteiger partial charge in [-0.15, -0.1) is 0 Å². The predicted octanol–water partition coefficient (Wildman–Crippen LogP) is 3.81. The van der Waals surface area contributed by atoms with Crippen molar-refractivity contribution in [3.8, 4) is 5.75 Å². The molecule has 0 saturated carbocycles. The van der Waals surface area contributed by atoms with Crippen molar-refractivity contribution in [2.45, 2.75) is 13.8 Å². The van der Waals surface area contributed by atoms with Gasteiger partial charge in [-0.1, -0.05) is 12.1 Å². The van der Waals surface area contributed by atoms with Crippen molar-refractivity contribution in [3.05, 3.63) is 59.7 Å². The number of carbonyl (C=O) groups is 2. The Morgan fingerprint density at radius 3 is 2.35 bits per heavy atom. The van der Waals surface area contributed by atoms with Crippen LogP contribution in [0.15, 0.2) is 48.5 Å². The molecule has 1 N–H and O–H groups in total. The highest BCUT2D eigenvalue weighted by Crippen LogP contribution is 2.14. The van der Waals surface area contributed by atoms with Crippen LogP contribution < -0.4 is 10.1 Å². The summed E-state index contributed by atoms with van der Waals surface area (Å²) in [6.45, 7) is 3.42. The number of hydrogen-bond donors (Lipinski definition) is 1. The van der Waals surface area contributed by atoms with E-state index in [4.69, 9.17) is 4.74 Å². The minimum absolute atomic E-state index is 0.0149. The number of ketones is 1. The van der Waals surface area contributed by atoms with Gasteiger partial charge >= 0.3 is 6.09 Å². The third-order valence-corrected chi connectivity index (χ3v) is 2.74. The first kappa shape index (κ1) is 13.8. The van der Waals surface area contributed by atoms with E-state index in [1.54, 1.807) is 36.4 Å². The molecule has 2 aromatic carbocycles. The van der Waals surface area contributed by atoms with E-state index in [0.717, 1.165) is 5.56 Å². The highest BCUT2D eigenvalue weighted by atomic mass is 16.6. The summed E-state index contributed by atoms with van der Waals surface area (Å²) in [5, 5.41) is 2.60. The Labute approximate surface area is 117 Å². The van der Waals surface area contributed by atoms with Crippen LogP contribution in [-0.2, 0) is 0 Å². The molecule has 0 bridgehead atoms. The third kappa shape index (κ3) is 3.68. The van der Waals surface area contributed by atoms with Gasteiger partial charge in [-0.25, -0.2) is 4.79 Å². The molecule has 0 unspecified atom stereocenters. The summed E-state index contributed by atoms with van der Waals surface area (Å²) < 4.78 is 5.16. The van der Waals surface area contributed by atoms with E-state index in [1.807, 2.05) is 19.1 Å². The van der Waals surface area contributed by atoms with Gasteiger partial charge in [0, 0.05) is 11.3 Å². The molecule has 0 aliphatic rings. The fraction of sp³-hybridized carbons (Fsp3) is 0.125. The second-order valence-corrected chi connectivity index (χ2v) is 4.46. The van der Waals surface area contributed by atoms with Crippen molar-refractivity contribution in [2.75, 3.05) is 5.32 Å². The van der Waals surface area contributed by atoms with Crippen LogP contribution in [0.25, 0.3) is 0 Å². The van der Waals surface area contributed by atoms with E-state index in [2.05, 4.69) is 5.32 Å². The molecular formula is C16H15NO3. The maximum absolute atomic E-state index is 11.7. The highest BCUT2D eigenvalue weighted by molar-refractivity contribution is 5.95. The molecule has 2 rings (SSSR count). The zero-order chi connectivity index (χ0) is 14.5. The Hall–Kier alpha value is -2.62. The van der Waals surface area contributed by atoms with Crippen molar-refractivity contribution in [2.24, 2.45) is 0 Å². The van der Waals surface area contributed by atoms with Gasteiger partial charge in [-0.05, 0) is 55.8 Å². The lowest BCUT2D eigenvalue weighted by Gasteiger charge is -2.07. The molecule has 0 spiro atoms. The van der Waals surface area contributed by atoms with Crippen LogP contribution in [0.1, 0.15) is 22.8 Å². The number of amides is 1. The fourth-order valence-electron chi connectivity index (χ4n) is 1.72. The van der Waals surface area contributed by atoms with E-state index in [0.29, 0.717) is 17.0 Å². The molecule has 0 saturated heterocycles. The van der Waals surface area contributed by atoms with Crippen molar-refractivity contribution < 1.29 is 14.3 Å². The van der Waals surface area contributed by atoms with E-state index >= 15 is 0 Å². The molecule has 20 heavy (non-hydrogen) atoms. The zero-order valence-corrected chi connectivity index (χ0v) is 11.3. The normalized spacial score (nSPS) is 9.90. The van der Waals surface area contributed by atoms with E-state index < -0.39 is 6.09 Å². The first-order chi connectivity index (χ1) is 9.54. The van der Waals surface area contributed by atoms with Gasteiger partial charge in [0.25, 0.3) is 0 Å². The number of anilines is 1. The SMILES string of the molecule is CC(=O)c1ccc(NC(=O)Oc2cccc(C)c2)cc1. The number of rotatable bonds is 3. The van der Waals surface area contributed by atoms with E-state index in [9.17, 15) is 9.59 Å².